The standard InChI is InChI=1S/C15H18N4O/c1-3-14-17-15(4-2)19(18-14)10-13(20)12-7-5-11(9-16)6-8-12/h5-8,13,20H,3-4,10H2,1-2H3/t13-/m1/s1. The molecule has 0 aliphatic rings. The smallest absolute Gasteiger partial charge is 0.150 e. The first-order chi connectivity index (χ1) is 9.67. The Morgan fingerprint density at radius 3 is 2.50 bits per heavy atom. The molecular formula is C15H18N4O. The molecule has 0 bridgehead atoms. The fourth-order valence-electron chi connectivity index (χ4n) is 2.03. The Morgan fingerprint density at radius 2 is 1.95 bits per heavy atom. The van der Waals surface area contributed by atoms with Crippen molar-refractivity contribution in [2.45, 2.75) is 39.3 Å². The van der Waals surface area contributed by atoms with Crippen LogP contribution in [0.25, 0.3) is 0 Å². The molecule has 0 fully saturated rings. The normalized spacial score (nSPS) is 12.1. The minimum absolute atomic E-state index is 0.377. The van der Waals surface area contributed by atoms with E-state index >= 15 is 0 Å². The Hall–Kier alpha value is -2.19. The second-order valence-corrected chi connectivity index (χ2v) is 4.58. The first kappa shape index (κ1) is 14.2. The zero-order valence-corrected chi connectivity index (χ0v) is 11.7. The van der Waals surface area contributed by atoms with Gasteiger partial charge in [-0.05, 0) is 17.7 Å². The van der Waals surface area contributed by atoms with Gasteiger partial charge in [-0.25, -0.2) is 9.67 Å². The summed E-state index contributed by atoms with van der Waals surface area (Å²) in [5, 5.41) is 23.4. The van der Waals surface area contributed by atoms with E-state index in [9.17, 15) is 5.11 Å². The maximum atomic E-state index is 10.3. The summed E-state index contributed by atoms with van der Waals surface area (Å²) in [6.07, 6.45) is 0.916. The number of nitrogens with zero attached hydrogens (tertiary/aromatic N) is 4. The van der Waals surface area contributed by atoms with Crippen molar-refractivity contribution in [1.82, 2.24) is 14.8 Å². The third kappa shape index (κ3) is 3.03. The van der Waals surface area contributed by atoms with Crippen LogP contribution in [0.2, 0.25) is 0 Å². The lowest BCUT2D eigenvalue weighted by Crippen LogP contribution is -2.13. The van der Waals surface area contributed by atoms with Crippen molar-refractivity contribution >= 4 is 0 Å². The molecule has 0 amide bonds. The largest absolute Gasteiger partial charge is 0.386 e. The number of hydrogen-bond acceptors (Lipinski definition) is 4. The van der Waals surface area contributed by atoms with Gasteiger partial charge in [-0.3, -0.25) is 0 Å². The molecule has 20 heavy (non-hydrogen) atoms. The molecule has 5 nitrogen and oxygen atoms in total. The van der Waals surface area contributed by atoms with Gasteiger partial charge in [-0.1, -0.05) is 26.0 Å². The van der Waals surface area contributed by atoms with Crippen LogP contribution in [0, 0.1) is 11.3 Å². The zero-order chi connectivity index (χ0) is 14.5. The second-order valence-electron chi connectivity index (χ2n) is 4.58. The molecule has 1 aromatic heterocycles. The van der Waals surface area contributed by atoms with Gasteiger partial charge in [0, 0.05) is 12.8 Å². The van der Waals surface area contributed by atoms with E-state index in [1.165, 1.54) is 0 Å². The van der Waals surface area contributed by atoms with Crippen LogP contribution in [0.15, 0.2) is 24.3 Å². The number of aromatic nitrogens is 3. The predicted octanol–water partition coefficient (Wildman–Crippen LogP) is 2.01. The van der Waals surface area contributed by atoms with Gasteiger partial charge in [0.15, 0.2) is 5.82 Å². The van der Waals surface area contributed by atoms with Gasteiger partial charge in [0.1, 0.15) is 5.82 Å². The Labute approximate surface area is 118 Å². The lowest BCUT2D eigenvalue weighted by Gasteiger charge is -2.12. The van der Waals surface area contributed by atoms with Gasteiger partial charge in [0.2, 0.25) is 0 Å². The summed E-state index contributed by atoms with van der Waals surface area (Å²) in [5.41, 5.74) is 1.36. The molecule has 104 valence electrons. The number of rotatable bonds is 5. The van der Waals surface area contributed by atoms with Crippen LogP contribution in [-0.2, 0) is 19.4 Å². The molecule has 0 radical (unpaired) electrons. The molecule has 1 aromatic carbocycles. The van der Waals surface area contributed by atoms with Crippen LogP contribution >= 0.6 is 0 Å². The SMILES string of the molecule is CCc1nc(CC)n(C[C@@H](O)c2ccc(C#N)cc2)n1. The fourth-order valence-corrected chi connectivity index (χ4v) is 2.03. The molecule has 0 spiro atoms. The number of aliphatic hydroxyl groups is 1. The number of nitriles is 1. The van der Waals surface area contributed by atoms with Crippen LogP contribution in [0.4, 0.5) is 0 Å². The van der Waals surface area contributed by atoms with E-state index in [0.717, 1.165) is 30.1 Å². The van der Waals surface area contributed by atoms with Gasteiger partial charge in [-0.15, -0.1) is 0 Å². The molecule has 1 atom stereocenters. The van der Waals surface area contributed by atoms with E-state index in [-0.39, 0.29) is 0 Å². The highest BCUT2D eigenvalue weighted by Gasteiger charge is 2.13. The lowest BCUT2D eigenvalue weighted by atomic mass is 10.1. The van der Waals surface area contributed by atoms with Crippen molar-refractivity contribution in [3.63, 3.8) is 0 Å². The minimum atomic E-state index is -0.653. The van der Waals surface area contributed by atoms with E-state index in [0.29, 0.717) is 12.1 Å². The summed E-state index contributed by atoms with van der Waals surface area (Å²) in [7, 11) is 0. The van der Waals surface area contributed by atoms with Crippen LogP contribution in [-0.4, -0.2) is 19.9 Å². The van der Waals surface area contributed by atoms with Crippen LogP contribution in [0.3, 0.4) is 0 Å². The Balaban J connectivity index is 2.16. The van der Waals surface area contributed by atoms with Crippen molar-refractivity contribution in [1.29, 1.82) is 5.26 Å². The molecule has 0 saturated carbocycles. The quantitative estimate of drug-likeness (QED) is 0.901. The first-order valence-corrected chi connectivity index (χ1v) is 6.78. The minimum Gasteiger partial charge on any atom is -0.386 e. The van der Waals surface area contributed by atoms with Gasteiger partial charge < -0.3 is 5.11 Å². The molecule has 2 rings (SSSR count). The Morgan fingerprint density at radius 1 is 1.25 bits per heavy atom. The number of aryl methyl sites for hydroxylation is 2. The summed E-state index contributed by atoms with van der Waals surface area (Å²) in [4.78, 5) is 4.42. The van der Waals surface area contributed by atoms with Gasteiger partial charge >= 0.3 is 0 Å². The zero-order valence-electron chi connectivity index (χ0n) is 11.7. The van der Waals surface area contributed by atoms with Crippen molar-refractivity contribution < 1.29 is 5.11 Å². The van der Waals surface area contributed by atoms with Crippen molar-refractivity contribution in [2.24, 2.45) is 0 Å². The molecule has 0 unspecified atom stereocenters. The lowest BCUT2D eigenvalue weighted by molar-refractivity contribution is 0.150. The Kier molecular flexibility index (Phi) is 4.49. The average Bonchev–Trinajstić information content (AvgIpc) is 2.89. The highest BCUT2D eigenvalue weighted by Crippen LogP contribution is 2.16. The summed E-state index contributed by atoms with van der Waals surface area (Å²) in [6.45, 7) is 4.41. The third-order valence-corrected chi connectivity index (χ3v) is 3.20. The van der Waals surface area contributed by atoms with E-state index in [4.69, 9.17) is 5.26 Å². The molecule has 5 heteroatoms. The topological polar surface area (TPSA) is 74.7 Å². The molecular weight excluding hydrogens is 252 g/mol. The predicted molar refractivity (Wildman–Crippen MR) is 74.9 cm³/mol. The third-order valence-electron chi connectivity index (χ3n) is 3.20. The summed E-state index contributed by atoms with van der Waals surface area (Å²) >= 11 is 0. The van der Waals surface area contributed by atoms with Crippen LogP contribution in [0.1, 0.15) is 42.7 Å². The average molecular weight is 270 g/mol. The second kappa shape index (κ2) is 6.31. The van der Waals surface area contributed by atoms with E-state index in [1.54, 1.807) is 28.9 Å². The molecule has 0 saturated heterocycles. The van der Waals surface area contributed by atoms with Gasteiger partial charge in [0.25, 0.3) is 0 Å². The van der Waals surface area contributed by atoms with E-state index in [1.807, 2.05) is 13.8 Å². The van der Waals surface area contributed by atoms with Gasteiger partial charge in [-0.2, -0.15) is 10.4 Å². The van der Waals surface area contributed by atoms with E-state index in [2.05, 4.69) is 16.2 Å². The van der Waals surface area contributed by atoms with Gasteiger partial charge in [0.05, 0.1) is 24.3 Å². The first-order valence-electron chi connectivity index (χ1n) is 6.78. The number of benzene rings is 1. The fraction of sp³-hybridized carbons (Fsp3) is 0.400. The number of hydrogen-bond donors (Lipinski definition) is 1. The number of aliphatic hydroxyl groups excluding tert-OH is 1. The maximum Gasteiger partial charge on any atom is 0.150 e. The monoisotopic (exact) mass is 270 g/mol. The summed E-state index contributed by atoms with van der Waals surface area (Å²) < 4.78 is 1.77. The maximum absolute atomic E-state index is 10.3. The molecule has 0 aliphatic heterocycles. The highest BCUT2D eigenvalue weighted by molar-refractivity contribution is 5.32. The van der Waals surface area contributed by atoms with Crippen molar-refractivity contribution in [3.8, 4) is 6.07 Å². The Bertz CT molecular complexity index is 610. The molecule has 1 N–H and O–H groups in total. The molecule has 0 aliphatic carbocycles. The van der Waals surface area contributed by atoms with Crippen LogP contribution < -0.4 is 0 Å². The van der Waals surface area contributed by atoms with E-state index < -0.39 is 6.10 Å². The molecule has 1 heterocycles. The highest BCUT2D eigenvalue weighted by atomic mass is 16.3. The summed E-state index contributed by atoms with van der Waals surface area (Å²) in [6, 6.07) is 9.02. The molecule has 2 aromatic rings. The van der Waals surface area contributed by atoms with Crippen molar-refractivity contribution in [2.75, 3.05) is 0 Å². The summed E-state index contributed by atoms with van der Waals surface area (Å²) in [5.74, 6) is 1.68. The van der Waals surface area contributed by atoms with Crippen molar-refractivity contribution in [3.05, 3.63) is 47.0 Å². The van der Waals surface area contributed by atoms with Crippen LogP contribution in [0.5, 0.6) is 0 Å².